The molecular weight excluding hydrogens is 276 g/mol. The maximum atomic E-state index is 12.5. The van der Waals surface area contributed by atoms with Gasteiger partial charge >= 0.3 is 0 Å². The van der Waals surface area contributed by atoms with Crippen molar-refractivity contribution in [3.63, 3.8) is 0 Å². The molecule has 3 nitrogen and oxygen atoms in total. The predicted molar refractivity (Wildman–Crippen MR) is 87.5 cm³/mol. The summed E-state index contributed by atoms with van der Waals surface area (Å²) in [4.78, 5) is 12.5. The summed E-state index contributed by atoms with van der Waals surface area (Å²) in [5, 5.41) is 20.8. The molecule has 3 atom stereocenters. The first-order chi connectivity index (χ1) is 10.4. The van der Waals surface area contributed by atoms with Gasteiger partial charge in [0.1, 0.15) is 5.78 Å². The number of carbonyl (C=O) groups excluding carboxylic acids is 1. The third-order valence-corrected chi connectivity index (χ3v) is 4.78. The van der Waals surface area contributed by atoms with E-state index < -0.39 is 18.1 Å². The molecule has 0 bridgehead atoms. The predicted octanol–water partition coefficient (Wildman–Crippen LogP) is 3.13. The van der Waals surface area contributed by atoms with E-state index in [1.165, 1.54) is 0 Å². The summed E-state index contributed by atoms with van der Waals surface area (Å²) in [7, 11) is 0. The molecule has 0 aliphatic heterocycles. The molecule has 0 radical (unpaired) electrons. The fourth-order valence-electron chi connectivity index (χ4n) is 3.47. The van der Waals surface area contributed by atoms with Crippen molar-refractivity contribution in [2.24, 2.45) is 11.3 Å². The Bertz CT molecular complexity index is 481. The van der Waals surface area contributed by atoms with Crippen molar-refractivity contribution in [3.8, 4) is 0 Å². The van der Waals surface area contributed by atoms with Crippen molar-refractivity contribution < 1.29 is 15.0 Å². The Balaban J connectivity index is 2.01. The normalized spacial score (nSPS) is 27.0. The highest BCUT2D eigenvalue weighted by atomic mass is 16.3. The van der Waals surface area contributed by atoms with Gasteiger partial charge in [0.2, 0.25) is 0 Å². The van der Waals surface area contributed by atoms with Crippen LogP contribution in [-0.4, -0.2) is 28.2 Å². The second kappa shape index (κ2) is 7.38. The van der Waals surface area contributed by atoms with Crippen LogP contribution in [0.2, 0.25) is 0 Å². The van der Waals surface area contributed by atoms with Crippen molar-refractivity contribution in [2.75, 3.05) is 0 Å². The number of aryl methyl sites for hydroxylation is 1. The van der Waals surface area contributed by atoms with Gasteiger partial charge in [0.05, 0.1) is 18.1 Å². The van der Waals surface area contributed by atoms with E-state index in [4.69, 9.17) is 0 Å². The van der Waals surface area contributed by atoms with Crippen LogP contribution in [0.4, 0.5) is 0 Å². The minimum atomic E-state index is -0.767. The summed E-state index contributed by atoms with van der Waals surface area (Å²) >= 11 is 0. The zero-order chi connectivity index (χ0) is 16.2. The second-order valence-electron chi connectivity index (χ2n) is 7.38. The lowest BCUT2D eigenvalue weighted by Crippen LogP contribution is -2.41. The third kappa shape index (κ3) is 4.65. The first kappa shape index (κ1) is 17.2. The maximum absolute atomic E-state index is 12.5. The van der Waals surface area contributed by atoms with Gasteiger partial charge in [-0.2, -0.15) is 0 Å². The number of Topliss-reactive ketones (excluding diaryl/α,β-unsaturated/α-hetero) is 1. The maximum Gasteiger partial charge on any atom is 0.141 e. The van der Waals surface area contributed by atoms with E-state index >= 15 is 0 Å². The molecule has 3 heteroatoms. The smallest absolute Gasteiger partial charge is 0.141 e. The lowest BCUT2D eigenvalue weighted by atomic mass is 9.73. The van der Waals surface area contributed by atoms with E-state index in [0.29, 0.717) is 19.3 Å². The molecule has 1 aliphatic carbocycles. The minimum Gasteiger partial charge on any atom is -0.392 e. The lowest BCUT2D eigenvalue weighted by molar-refractivity contribution is -0.135. The molecule has 0 unspecified atom stereocenters. The summed E-state index contributed by atoms with van der Waals surface area (Å²) in [5.74, 6) is -0.624. The molecular formula is C19H28O3. The fraction of sp³-hybridized carbons (Fsp3) is 0.632. The van der Waals surface area contributed by atoms with E-state index in [2.05, 4.69) is 13.8 Å². The molecule has 0 amide bonds. The first-order valence-corrected chi connectivity index (χ1v) is 8.32. The van der Waals surface area contributed by atoms with Gasteiger partial charge in [0.15, 0.2) is 0 Å². The molecule has 2 N–H and O–H groups in total. The summed E-state index contributed by atoms with van der Waals surface area (Å²) in [6.45, 7) is 4.19. The number of hydrogen-bond donors (Lipinski definition) is 2. The minimum absolute atomic E-state index is 0.0118. The Hall–Kier alpha value is -1.19. The number of benzene rings is 1. The van der Waals surface area contributed by atoms with Crippen molar-refractivity contribution in [2.45, 2.75) is 64.6 Å². The first-order valence-electron chi connectivity index (χ1n) is 8.32. The molecule has 0 heterocycles. The molecule has 1 fully saturated rings. The zero-order valence-electron chi connectivity index (χ0n) is 13.7. The van der Waals surface area contributed by atoms with Gasteiger partial charge in [-0.05, 0) is 36.7 Å². The number of hydrogen-bond acceptors (Lipinski definition) is 3. The number of aliphatic hydroxyl groups excluding tert-OH is 2. The Morgan fingerprint density at radius 1 is 1.27 bits per heavy atom. The van der Waals surface area contributed by atoms with Crippen LogP contribution in [-0.2, 0) is 11.2 Å². The fourth-order valence-corrected chi connectivity index (χ4v) is 3.47. The van der Waals surface area contributed by atoms with E-state index in [1.54, 1.807) is 0 Å². The molecule has 1 saturated carbocycles. The largest absolute Gasteiger partial charge is 0.392 e. The average Bonchev–Trinajstić information content (AvgIpc) is 2.44. The standard InChI is InChI=1S/C19H28O3/c1-19(2)12-6-9-15(20)18(17(22)13-19)16(21)11-10-14-7-4-3-5-8-14/h3-5,7-8,15-16,18,20-21H,6,9-13H2,1-2H3/t15-,16-,18+/m1/s1. The van der Waals surface area contributed by atoms with Gasteiger partial charge in [-0.3, -0.25) is 4.79 Å². The van der Waals surface area contributed by atoms with Crippen molar-refractivity contribution in [3.05, 3.63) is 35.9 Å². The highest BCUT2D eigenvalue weighted by Crippen LogP contribution is 2.35. The molecule has 2 rings (SSSR count). The van der Waals surface area contributed by atoms with Crippen LogP contribution in [0, 0.1) is 11.3 Å². The van der Waals surface area contributed by atoms with Crippen LogP contribution in [0.3, 0.4) is 0 Å². The van der Waals surface area contributed by atoms with Gasteiger partial charge in [-0.15, -0.1) is 0 Å². The molecule has 1 aromatic rings. The molecule has 22 heavy (non-hydrogen) atoms. The van der Waals surface area contributed by atoms with Crippen molar-refractivity contribution >= 4 is 5.78 Å². The van der Waals surface area contributed by atoms with E-state index in [-0.39, 0.29) is 11.2 Å². The second-order valence-corrected chi connectivity index (χ2v) is 7.38. The van der Waals surface area contributed by atoms with Gasteiger partial charge in [0.25, 0.3) is 0 Å². The van der Waals surface area contributed by atoms with Crippen LogP contribution in [0.5, 0.6) is 0 Å². The van der Waals surface area contributed by atoms with E-state index in [9.17, 15) is 15.0 Å². The zero-order valence-corrected chi connectivity index (χ0v) is 13.7. The Morgan fingerprint density at radius 2 is 1.95 bits per heavy atom. The topological polar surface area (TPSA) is 57.5 Å². The molecule has 1 aliphatic rings. The molecule has 1 aromatic carbocycles. The summed E-state index contributed by atoms with van der Waals surface area (Å²) in [6.07, 6.45) is 2.65. The van der Waals surface area contributed by atoms with E-state index in [0.717, 1.165) is 24.8 Å². The van der Waals surface area contributed by atoms with Crippen LogP contribution in [0.15, 0.2) is 30.3 Å². The molecule has 0 aromatic heterocycles. The Kier molecular flexibility index (Phi) is 5.76. The van der Waals surface area contributed by atoms with Gasteiger partial charge < -0.3 is 10.2 Å². The van der Waals surface area contributed by atoms with Crippen LogP contribution in [0.1, 0.15) is 51.5 Å². The Morgan fingerprint density at radius 3 is 2.64 bits per heavy atom. The molecule has 122 valence electrons. The van der Waals surface area contributed by atoms with Crippen LogP contribution >= 0.6 is 0 Å². The SMILES string of the molecule is CC1(C)CCC[C@@H](O)[C@@H]([C@H](O)CCc2ccccc2)C(=O)C1. The van der Waals surface area contributed by atoms with Gasteiger partial charge in [-0.1, -0.05) is 50.6 Å². The summed E-state index contributed by atoms with van der Waals surface area (Å²) in [6, 6.07) is 9.95. The van der Waals surface area contributed by atoms with Crippen LogP contribution < -0.4 is 0 Å². The average molecular weight is 304 g/mol. The highest BCUT2D eigenvalue weighted by Gasteiger charge is 2.37. The summed E-state index contributed by atoms with van der Waals surface area (Å²) in [5.41, 5.74) is 1.11. The molecule has 0 saturated heterocycles. The quantitative estimate of drug-likeness (QED) is 0.898. The monoisotopic (exact) mass is 304 g/mol. The number of ketones is 1. The van der Waals surface area contributed by atoms with Gasteiger partial charge in [0, 0.05) is 6.42 Å². The molecule has 0 spiro atoms. The van der Waals surface area contributed by atoms with Crippen molar-refractivity contribution in [1.82, 2.24) is 0 Å². The van der Waals surface area contributed by atoms with Crippen LogP contribution in [0.25, 0.3) is 0 Å². The Labute approximate surface area is 133 Å². The van der Waals surface area contributed by atoms with Gasteiger partial charge in [-0.25, -0.2) is 0 Å². The number of aliphatic hydroxyl groups is 2. The third-order valence-electron chi connectivity index (χ3n) is 4.78. The van der Waals surface area contributed by atoms with E-state index in [1.807, 2.05) is 30.3 Å². The lowest BCUT2D eigenvalue weighted by Gasteiger charge is -2.34. The number of carbonyl (C=O) groups is 1. The number of rotatable bonds is 4. The highest BCUT2D eigenvalue weighted by molar-refractivity contribution is 5.82. The summed E-state index contributed by atoms with van der Waals surface area (Å²) < 4.78 is 0. The van der Waals surface area contributed by atoms with Crippen molar-refractivity contribution in [1.29, 1.82) is 0 Å².